The molecule has 3 rings (SSSR count). The van der Waals surface area contributed by atoms with Crippen molar-refractivity contribution in [2.24, 2.45) is 0 Å². The van der Waals surface area contributed by atoms with E-state index in [0.717, 1.165) is 0 Å². The van der Waals surface area contributed by atoms with E-state index in [4.69, 9.17) is 20.8 Å². The maximum absolute atomic E-state index is 12.5. The zero-order chi connectivity index (χ0) is 18.7. The average Bonchev–Trinajstić information content (AvgIpc) is 3.06. The van der Waals surface area contributed by atoms with E-state index in [9.17, 15) is 9.59 Å². The van der Waals surface area contributed by atoms with E-state index in [0.29, 0.717) is 32.6 Å². The number of oxazole rings is 1. The number of carbonyl (C=O) groups is 2. The second-order valence-corrected chi connectivity index (χ2v) is 6.71. The standard InChI is InChI=1S/C18H15ClN2O4S/c1-21(14-6-4-3-5-12(14)17(23)24-2)16(22)10-26-18-20-13-8-7-11(19)9-15(13)25-18/h3-9H,10H2,1-2H3. The molecule has 134 valence electrons. The molecular weight excluding hydrogens is 376 g/mol. The summed E-state index contributed by atoms with van der Waals surface area (Å²) in [4.78, 5) is 30.1. The molecule has 8 heteroatoms. The number of esters is 1. The Morgan fingerprint density at radius 3 is 2.81 bits per heavy atom. The van der Waals surface area contributed by atoms with Gasteiger partial charge in [0.1, 0.15) is 5.52 Å². The van der Waals surface area contributed by atoms with Crippen molar-refractivity contribution in [1.82, 2.24) is 4.98 Å². The van der Waals surface area contributed by atoms with Gasteiger partial charge >= 0.3 is 5.97 Å². The lowest BCUT2D eigenvalue weighted by Crippen LogP contribution is -2.29. The van der Waals surface area contributed by atoms with Gasteiger partial charge in [0.2, 0.25) is 5.91 Å². The fourth-order valence-electron chi connectivity index (χ4n) is 2.34. The zero-order valence-corrected chi connectivity index (χ0v) is 15.6. The predicted molar refractivity (Wildman–Crippen MR) is 101 cm³/mol. The molecule has 0 atom stereocenters. The average molecular weight is 391 g/mol. The van der Waals surface area contributed by atoms with E-state index >= 15 is 0 Å². The fraction of sp³-hybridized carbons (Fsp3) is 0.167. The highest BCUT2D eigenvalue weighted by atomic mass is 35.5. The van der Waals surface area contributed by atoms with Crippen molar-refractivity contribution in [3.05, 3.63) is 53.1 Å². The Labute approximate surface area is 159 Å². The Kier molecular flexibility index (Phi) is 5.49. The molecule has 0 saturated carbocycles. The molecular formula is C18H15ClN2O4S. The van der Waals surface area contributed by atoms with Gasteiger partial charge in [-0.25, -0.2) is 9.78 Å². The van der Waals surface area contributed by atoms with Crippen molar-refractivity contribution in [3.8, 4) is 0 Å². The molecule has 0 saturated heterocycles. The van der Waals surface area contributed by atoms with Crippen LogP contribution in [0.25, 0.3) is 11.1 Å². The van der Waals surface area contributed by atoms with E-state index in [1.807, 2.05) is 0 Å². The number of ether oxygens (including phenoxy) is 1. The number of halogens is 1. The van der Waals surface area contributed by atoms with Gasteiger partial charge in [-0.3, -0.25) is 4.79 Å². The van der Waals surface area contributed by atoms with E-state index in [-0.39, 0.29) is 11.7 Å². The minimum Gasteiger partial charge on any atom is -0.465 e. The first-order chi connectivity index (χ1) is 12.5. The third kappa shape index (κ3) is 3.84. The Bertz CT molecular complexity index is 973. The largest absolute Gasteiger partial charge is 0.465 e. The normalized spacial score (nSPS) is 10.7. The number of fused-ring (bicyclic) bond motifs is 1. The number of thioether (sulfide) groups is 1. The van der Waals surface area contributed by atoms with Crippen LogP contribution < -0.4 is 4.90 Å². The van der Waals surface area contributed by atoms with E-state index in [2.05, 4.69) is 4.98 Å². The second kappa shape index (κ2) is 7.80. The number of aromatic nitrogens is 1. The van der Waals surface area contributed by atoms with Crippen LogP contribution in [0.3, 0.4) is 0 Å². The van der Waals surface area contributed by atoms with Crippen molar-refractivity contribution in [1.29, 1.82) is 0 Å². The Morgan fingerprint density at radius 1 is 1.27 bits per heavy atom. The summed E-state index contributed by atoms with van der Waals surface area (Å²) in [6.07, 6.45) is 0. The van der Waals surface area contributed by atoms with Gasteiger partial charge in [-0.1, -0.05) is 35.5 Å². The molecule has 1 amide bonds. The number of carbonyl (C=O) groups excluding carboxylic acids is 2. The SMILES string of the molecule is COC(=O)c1ccccc1N(C)C(=O)CSc1nc2ccc(Cl)cc2o1. The molecule has 0 aliphatic carbocycles. The number of rotatable bonds is 5. The second-order valence-electron chi connectivity index (χ2n) is 5.34. The summed E-state index contributed by atoms with van der Waals surface area (Å²) in [5.41, 5.74) is 2.05. The first-order valence-corrected chi connectivity index (χ1v) is 8.98. The van der Waals surface area contributed by atoms with E-state index < -0.39 is 5.97 Å². The van der Waals surface area contributed by atoms with Crippen LogP contribution in [0, 0.1) is 0 Å². The lowest BCUT2D eigenvalue weighted by Gasteiger charge is -2.19. The highest BCUT2D eigenvalue weighted by Crippen LogP contribution is 2.27. The van der Waals surface area contributed by atoms with Crippen LogP contribution in [0.5, 0.6) is 0 Å². The maximum Gasteiger partial charge on any atom is 0.339 e. The summed E-state index contributed by atoms with van der Waals surface area (Å²) < 4.78 is 10.3. The summed E-state index contributed by atoms with van der Waals surface area (Å²) in [7, 11) is 2.91. The van der Waals surface area contributed by atoms with Gasteiger partial charge < -0.3 is 14.1 Å². The monoisotopic (exact) mass is 390 g/mol. The molecule has 2 aromatic carbocycles. The van der Waals surface area contributed by atoms with Crippen LogP contribution >= 0.6 is 23.4 Å². The van der Waals surface area contributed by atoms with Gasteiger partial charge in [0.05, 0.1) is 24.1 Å². The van der Waals surface area contributed by atoms with Crippen LogP contribution in [0.15, 0.2) is 52.1 Å². The molecule has 0 N–H and O–H groups in total. The summed E-state index contributed by atoms with van der Waals surface area (Å²) >= 11 is 7.10. The number of hydrogen-bond acceptors (Lipinski definition) is 6. The van der Waals surface area contributed by atoms with Gasteiger partial charge in [0, 0.05) is 18.1 Å². The topological polar surface area (TPSA) is 72.6 Å². The van der Waals surface area contributed by atoms with E-state index in [1.54, 1.807) is 49.5 Å². The Hall–Kier alpha value is -2.51. The van der Waals surface area contributed by atoms with Gasteiger partial charge in [-0.15, -0.1) is 0 Å². The minimum absolute atomic E-state index is 0.104. The maximum atomic E-state index is 12.5. The van der Waals surface area contributed by atoms with Crippen LogP contribution in [0.1, 0.15) is 10.4 Å². The highest BCUT2D eigenvalue weighted by Gasteiger charge is 2.19. The molecule has 1 aromatic heterocycles. The number of para-hydroxylation sites is 1. The van der Waals surface area contributed by atoms with Crippen LogP contribution in [-0.4, -0.2) is 36.8 Å². The third-order valence-corrected chi connectivity index (χ3v) is 4.74. The molecule has 0 spiro atoms. The van der Waals surface area contributed by atoms with E-state index in [1.165, 1.54) is 23.8 Å². The first kappa shape index (κ1) is 18.3. The van der Waals surface area contributed by atoms with Crippen molar-refractivity contribution >= 4 is 52.0 Å². The molecule has 0 bridgehead atoms. The third-order valence-electron chi connectivity index (χ3n) is 3.69. The summed E-state index contributed by atoms with van der Waals surface area (Å²) in [6, 6.07) is 11.9. The smallest absolute Gasteiger partial charge is 0.339 e. The number of anilines is 1. The lowest BCUT2D eigenvalue weighted by molar-refractivity contribution is -0.115. The Balaban J connectivity index is 1.72. The van der Waals surface area contributed by atoms with Gasteiger partial charge in [-0.05, 0) is 24.3 Å². The summed E-state index contributed by atoms with van der Waals surface area (Å²) in [5, 5.41) is 0.936. The van der Waals surface area contributed by atoms with Gasteiger partial charge in [0.15, 0.2) is 5.58 Å². The molecule has 0 aliphatic heterocycles. The molecule has 6 nitrogen and oxygen atoms in total. The van der Waals surface area contributed by atoms with Crippen molar-refractivity contribution in [2.45, 2.75) is 5.22 Å². The van der Waals surface area contributed by atoms with Crippen molar-refractivity contribution < 1.29 is 18.7 Å². The molecule has 0 aliphatic rings. The van der Waals surface area contributed by atoms with Gasteiger partial charge in [-0.2, -0.15) is 0 Å². The molecule has 0 fully saturated rings. The first-order valence-electron chi connectivity index (χ1n) is 7.62. The lowest BCUT2D eigenvalue weighted by atomic mass is 10.1. The molecule has 1 heterocycles. The molecule has 26 heavy (non-hydrogen) atoms. The summed E-state index contributed by atoms with van der Waals surface area (Å²) in [6.45, 7) is 0. The van der Waals surface area contributed by atoms with Crippen molar-refractivity contribution in [3.63, 3.8) is 0 Å². The number of amides is 1. The molecule has 3 aromatic rings. The molecule has 0 unspecified atom stereocenters. The number of hydrogen-bond donors (Lipinski definition) is 0. The number of methoxy groups -OCH3 is 1. The fourth-order valence-corrected chi connectivity index (χ4v) is 3.26. The predicted octanol–water partition coefficient (Wildman–Crippen LogP) is 4.02. The van der Waals surface area contributed by atoms with Crippen LogP contribution in [0.2, 0.25) is 5.02 Å². The van der Waals surface area contributed by atoms with Gasteiger partial charge in [0.25, 0.3) is 5.22 Å². The van der Waals surface area contributed by atoms with Crippen LogP contribution in [0.4, 0.5) is 5.69 Å². The summed E-state index contributed by atoms with van der Waals surface area (Å²) in [5.74, 6) is -0.595. The number of benzene rings is 2. The number of nitrogens with zero attached hydrogens (tertiary/aromatic N) is 2. The quantitative estimate of drug-likeness (QED) is 0.484. The zero-order valence-electron chi connectivity index (χ0n) is 14.1. The minimum atomic E-state index is -0.497. The van der Waals surface area contributed by atoms with Crippen molar-refractivity contribution in [2.75, 3.05) is 24.8 Å². The Morgan fingerprint density at radius 2 is 2.04 bits per heavy atom. The highest BCUT2D eigenvalue weighted by molar-refractivity contribution is 7.99. The molecule has 0 radical (unpaired) electrons. The van der Waals surface area contributed by atoms with Crippen LogP contribution in [-0.2, 0) is 9.53 Å².